The maximum absolute atomic E-state index is 12.6. The van der Waals surface area contributed by atoms with E-state index in [4.69, 9.17) is 41.5 Å². The second kappa shape index (κ2) is 19.9. The maximum atomic E-state index is 12.6. The van der Waals surface area contributed by atoms with Gasteiger partial charge in [0.2, 0.25) is 11.8 Å². The maximum Gasteiger partial charge on any atom is 0.437 e. The van der Waals surface area contributed by atoms with Crippen LogP contribution < -0.4 is 32.1 Å². The molecule has 0 saturated heterocycles. The zero-order valence-electron chi connectivity index (χ0n) is 31.4. The highest BCUT2D eigenvalue weighted by Crippen LogP contribution is 2.18. The number of H-pyrrole nitrogens is 1. The predicted molar refractivity (Wildman–Crippen MR) is 219 cm³/mol. The van der Waals surface area contributed by atoms with E-state index in [-0.39, 0.29) is 36.0 Å². The lowest BCUT2D eigenvalue weighted by Gasteiger charge is -2.05. The van der Waals surface area contributed by atoms with Crippen molar-refractivity contribution in [2.24, 2.45) is 14.1 Å². The van der Waals surface area contributed by atoms with Crippen LogP contribution in [0.4, 0.5) is 0 Å². The molecule has 0 amide bonds. The first-order valence-corrected chi connectivity index (χ1v) is 19.5. The third-order valence-corrected chi connectivity index (χ3v) is 9.10. The third kappa shape index (κ3) is 11.2. The van der Waals surface area contributed by atoms with Gasteiger partial charge in [-0.1, -0.05) is 51.3 Å². The van der Waals surface area contributed by atoms with E-state index in [0.29, 0.717) is 57.7 Å². The van der Waals surface area contributed by atoms with Crippen molar-refractivity contribution in [3.05, 3.63) is 137 Å². The summed E-state index contributed by atoms with van der Waals surface area (Å²) in [6.45, 7) is 1.46. The van der Waals surface area contributed by atoms with Crippen LogP contribution in [0.15, 0.2) is 102 Å². The smallest absolute Gasteiger partial charge is 0.437 e. The van der Waals surface area contributed by atoms with Gasteiger partial charge in [0, 0.05) is 35.9 Å². The molecular weight excluding hydrogens is 879 g/mol. The molecular formula is C36H35BrCl2N12O8. The summed E-state index contributed by atoms with van der Waals surface area (Å²) < 4.78 is 27.9. The van der Waals surface area contributed by atoms with E-state index in [1.807, 2.05) is 24.3 Å². The van der Waals surface area contributed by atoms with Crippen LogP contribution in [0.25, 0.3) is 22.3 Å². The Kier molecular flexibility index (Phi) is 14.3. The summed E-state index contributed by atoms with van der Waals surface area (Å²) in [5, 5.41) is 12.2. The standard InChI is InChI=1S/C18H17ClN6O4.C9H10BrClO.C9H8N6O3/c1-23-10-20-16-15(23)17(26)24(11-21-16)9-14-22-25(18(27)29-14)6-3-7-28-13-5-2-4-12(19)8-13;10-5-2-6-12-9-4-1-3-8(11)7-9;1-14-3-10-7-6(14)8(16)15(4-11-7)2-5-12-13-9(17)18-5/h2,4-5,8,10-11H,3,6-7,9H2,1H3;1,3-4,7H,2,5-6H2;3-4H,2H2,1H3,(H,13,17). The molecule has 23 heteroatoms. The molecule has 8 aromatic rings. The summed E-state index contributed by atoms with van der Waals surface area (Å²) in [5.74, 6) is 0.478. The first-order chi connectivity index (χ1) is 28.5. The summed E-state index contributed by atoms with van der Waals surface area (Å²) in [6.07, 6.45) is 7.27. The van der Waals surface area contributed by atoms with E-state index in [2.05, 4.69) is 51.2 Å². The molecule has 0 atom stereocenters. The minimum atomic E-state index is -0.660. The van der Waals surface area contributed by atoms with Gasteiger partial charge in [-0.25, -0.2) is 34.6 Å². The van der Waals surface area contributed by atoms with Crippen LogP contribution in [0.3, 0.4) is 0 Å². The molecule has 0 fully saturated rings. The van der Waals surface area contributed by atoms with E-state index in [9.17, 15) is 19.2 Å². The normalized spacial score (nSPS) is 10.9. The second-order valence-electron chi connectivity index (χ2n) is 12.4. The highest BCUT2D eigenvalue weighted by atomic mass is 79.9. The molecule has 0 aliphatic carbocycles. The van der Waals surface area contributed by atoms with Gasteiger partial charge in [0.05, 0.1) is 32.4 Å². The minimum absolute atomic E-state index is 0.00575. The first-order valence-electron chi connectivity index (χ1n) is 17.7. The number of aromatic amines is 1. The number of hydrogen-bond donors (Lipinski definition) is 1. The first kappa shape index (κ1) is 42.3. The lowest BCUT2D eigenvalue weighted by atomic mass is 10.3. The number of hydrogen-bond acceptors (Lipinski definition) is 14. The van der Waals surface area contributed by atoms with Gasteiger partial charge in [-0.2, -0.15) is 4.68 Å². The Balaban J connectivity index is 0.000000165. The summed E-state index contributed by atoms with van der Waals surface area (Å²) in [4.78, 5) is 63.7. The molecule has 0 radical (unpaired) electrons. The average molecular weight is 915 g/mol. The van der Waals surface area contributed by atoms with Crippen LogP contribution in [-0.2, 0) is 33.7 Å². The fourth-order valence-electron chi connectivity index (χ4n) is 5.31. The largest absolute Gasteiger partial charge is 0.494 e. The molecule has 20 nitrogen and oxygen atoms in total. The second-order valence-corrected chi connectivity index (χ2v) is 14.1. The van der Waals surface area contributed by atoms with Crippen LogP contribution in [0, 0.1) is 0 Å². The Morgan fingerprint density at radius 2 is 1.24 bits per heavy atom. The van der Waals surface area contributed by atoms with Gasteiger partial charge >= 0.3 is 11.5 Å². The van der Waals surface area contributed by atoms with E-state index < -0.39 is 11.5 Å². The van der Waals surface area contributed by atoms with E-state index >= 15 is 0 Å². The Hall–Kier alpha value is -6.32. The number of imidazole rings is 2. The van der Waals surface area contributed by atoms with Gasteiger partial charge < -0.3 is 27.4 Å². The molecule has 1 N–H and O–H groups in total. The molecule has 0 spiro atoms. The highest BCUT2D eigenvalue weighted by molar-refractivity contribution is 9.09. The average Bonchev–Trinajstić information content (AvgIpc) is 4.00. The van der Waals surface area contributed by atoms with Gasteiger partial charge in [-0.3, -0.25) is 18.7 Å². The quantitative estimate of drug-likeness (QED) is 0.128. The molecule has 8 rings (SSSR count). The van der Waals surface area contributed by atoms with Gasteiger partial charge in [-0.05, 0) is 42.8 Å². The fraction of sp³-hybridized carbons (Fsp3) is 0.278. The van der Waals surface area contributed by atoms with Crippen molar-refractivity contribution in [1.82, 2.24) is 58.2 Å². The van der Waals surface area contributed by atoms with Crippen LogP contribution in [-0.4, -0.2) is 76.7 Å². The van der Waals surface area contributed by atoms with Crippen molar-refractivity contribution in [2.45, 2.75) is 32.5 Å². The number of rotatable bonds is 13. The molecule has 0 aliphatic heterocycles. The third-order valence-electron chi connectivity index (χ3n) is 8.06. The lowest BCUT2D eigenvalue weighted by molar-refractivity contribution is 0.296. The molecule has 2 aromatic carbocycles. The molecule has 6 aromatic heterocycles. The molecule has 0 saturated carbocycles. The Labute approximate surface area is 350 Å². The number of nitrogens with zero attached hydrogens (tertiary/aromatic N) is 11. The van der Waals surface area contributed by atoms with Crippen LogP contribution in [0.5, 0.6) is 11.5 Å². The number of ether oxygens (including phenoxy) is 2. The summed E-state index contributed by atoms with van der Waals surface area (Å²) in [7, 11) is 3.42. The van der Waals surface area contributed by atoms with Crippen molar-refractivity contribution < 1.29 is 18.3 Å². The van der Waals surface area contributed by atoms with Crippen LogP contribution >= 0.6 is 39.1 Å². The molecule has 6 heterocycles. The zero-order valence-corrected chi connectivity index (χ0v) is 34.5. The van der Waals surface area contributed by atoms with E-state index in [1.165, 1.54) is 39.1 Å². The van der Waals surface area contributed by atoms with Gasteiger partial charge in [0.1, 0.15) is 37.2 Å². The summed E-state index contributed by atoms with van der Waals surface area (Å²) >= 11 is 15.0. The number of nitrogens with one attached hydrogen (secondary N) is 1. The minimum Gasteiger partial charge on any atom is -0.494 e. The summed E-state index contributed by atoms with van der Waals surface area (Å²) in [5.41, 5.74) is 0.929. The van der Waals surface area contributed by atoms with Crippen LogP contribution in [0.1, 0.15) is 24.6 Å². The number of aryl methyl sites for hydroxylation is 3. The topological polar surface area (TPSA) is 231 Å². The predicted octanol–water partition coefficient (Wildman–Crippen LogP) is 3.81. The number of fused-ring (bicyclic) bond motifs is 2. The van der Waals surface area contributed by atoms with Gasteiger partial charge in [-0.15, -0.1) is 10.2 Å². The summed E-state index contributed by atoms with van der Waals surface area (Å²) in [6, 6.07) is 14.5. The number of aromatic nitrogens is 12. The highest BCUT2D eigenvalue weighted by Gasteiger charge is 2.14. The van der Waals surface area contributed by atoms with Crippen molar-refractivity contribution in [1.29, 1.82) is 0 Å². The van der Waals surface area contributed by atoms with Crippen molar-refractivity contribution >= 4 is 61.5 Å². The van der Waals surface area contributed by atoms with Gasteiger partial charge in [0.15, 0.2) is 22.3 Å². The monoisotopic (exact) mass is 912 g/mol. The Morgan fingerprint density at radius 1 is 0.712 bits per heavy atom. The molecule has 59 heavy (non-hydrogen) atoms. The molecule has 0 unspecified atom stereocenters. The van der Waals surface area contributed by atoms with Crippen molar-refractivity contribution in [2.75, 3.05) is 18.5 Å². The number of halogens is 3. The number of alkyl halides is 1. The molecule has 0 aliphatic rings. The Bertz CT molecular complexity index is 2890. The zero-order chi connectivity index (χ0) is 41.9. The van der Waals surface area contributed by atoms with Gasteiger partial charge in [0.25, 0.3) is 11.1 Å². The molecule has 308 valence electrons. The van der Waals surface area contributed by atoms with Crippen molar-refractivity contribution in [3.8, 4) is 11.5 Å². The van der Waals surface area contributed by atoms with Crippen molar-refractivity contribution in [3.63, 3.8) is 0 Å². The van der Waals surface area contributed by atoms with E-state index in [1.54, 1.807) is 47.5 Å². The fourth-order valence-corrected chi connectivity index (χ4v) is 5.89. The number of benzene rings is 2. The SMILES string of the molecule is Clc1cccc(OCCCBr)c1.Cn1cnc2ncn(Cc3n[nH]c(=O)o3)c(=O)c21.Cn1cnc2ncn(Cc3nn(CCCOc4cccc(Cl)c4)c(=O)o3)c(=O)c21. The lowest BCUT2D eigenvalue weighted by Crippen LogP contribution is -2.22. The van der Waals surface area contributed by atoms with E-state index in [0.717, 1.165) is 24.1 Å². The Morgan fingerprint density at radius 3 is 1.75 bits per heavy atom. The molecule has 0 bridgehead atoms. The van der Waals surface area contributed by atoms with Crippen LogP contribution in [0.2, 0.25) is 10.0 Å².